The Labute approximate surface area is 184 Å². The second-order valence-corrected chi connectivity index (χ2v) is 8.80. The Morgan fingerprint density at radius 2 is 1.94 bits per heavy atom. The molecular formula is C26H33N3O2. The Balaban J connectivity index is 1.39. The van der Waals surface area contributed by atoms with Crippen LogP contribution < -0.4 is 10.1 Å². The Morgan fingerprint density at radius 1 is 1.13 bits per heavy atom. The van der Waals surface area contributed by atoms with E-state index in [1.807, 2.05) is 44.2 Å². The highest BCUT2D eigenvalue weighted by Crippen LogP contribution is 2.28. The summed E-state index contributed by atoms with van der Waals surface area (Å²) in [5.74, 6) is 2.35. The van der Waals surface area contributed by atoms with Gasteiger partial charge in [0.2, 0.25) is 0 Å². The molecule has 1 N–H and O–H groups in total. The standard InChI is InChI=1S/C26H33N3O2/c1-19-12-13-20(2)24(16-19)31-18-26(30)27-17-25-28-22-10-6-7-11-23(22)29(25)15-14-21-8-4-3-5-9-21/h6-7,10-13,16,21H,3-5,8-9,14-15,17-18H2,1-2H3,(H,27,30). The first-order chi connectivity index (χ1) is 15.1. The van der Waals surface area contributed by atoms with Gasteiger partial charge in [-0.2, -0.15) is 0 Å². The number of nitrogens with one attached hydrogen (secondary N) is 1. The number of carbonyl (C=O) groups is 1. The van der Waals surface area contributed by atoms with Gasteiger partial charge in [0, 0.05) is 6.54 Å². The number of carbonyl (C=O) groups excluding carboxylic acids is 1. The molecule has 0 spiro atoms. The molecule has 5 heteroatoms. The molecule has 1 aromatic heterocycles. The van der Waals surface area contributed by atoms with Gasteiger partial charge < -0.3 is 14.6 Å². The van der Waals surface area contributed by atoms with Gasteiger partial charge in [-0.15, -0.1) is 0 Å². The summed E-state index contributed by atoms with van der Waals surface area (Å²) in [6.07, 6.45) is 7.96. The fraction of sp³-hybridized carbons (Fsp3) is 0.462. The average molecular weight is 420 g/mol. The molecule has 5 nitrogen and oxygen atoms in total. The topological polar surface area (TPSA) is 56.1 Å². The summed E-state index contributed by atoms with van der Waals surface area (Å²) in [5, 5.41) is 3.00. The molecule has 0 radical (unpaired) electrons. The highest BCUT2D eigenvalue weighted by molar-refractivity contribution is 5.78. The van der Waals surface area contributed by atoms with Crippen molar-refractivity contribution >= 4 is 16.9 Å². The van der Waals surface area contributed by atoms with Crippen LogP contribution in [0, 0.1) is 19.8 Å². The molecular weight excluding hydrogens is 386 g/mol. The lowest BCUT2D eigenvalue weighted by molar-refractivity contribution is -0.123. The highest BCUT2D eigenvalue weighted by atomic mass is 16.5. The van der Waals surface area contributed by atoms with Crippen LogP contribution in [0.5, 0.6) is 5.75 Å². The molecule has 1 heterocycles. The Hall–Kier alpha value is -2.82. The second-order valence-electron chi connectivity index (χ2n) is 8.80. The third kappa shape index (κ3) is 5.46. The van der Waals surface area contributed by atoms with Crippen LogP contribution in [0.3, 0.4) is 0 Å². The van der Waals surface area contributed by atoms with Crippen molar-refractivity contribution in [3.05, 3.63) is 59.4 Å². The molecule has 1 aliphatic rings. The van der Waals surface area contributed by atoms with Crippen molar-refractivity contribution in [2.75, 3.05) is 6.61 Å². The molecule has 0 bridgehead atoms. The molecule has 1 saturated carbocycles. The van der Waals surface area contributed by atoms with E-state index >= 15 is 0 Å². The lowest BCUT2D eigenvalue weighted by Crippen LogP contribution is -2.29. The van der Waals surface area contributed by atoms with Gasteiger partial charge in [0.05, 0.1) is 17.6 Å². The van der Waals surface area contributed by atoms with Crippen molar-refractivity contribution in [2.24, 2.45) is 5.92 Å². The van der Waals surface area contributed by atoms with E-state index in [-0.39, 0.29) is 12.5 Å². The largest absolute Gasteiger partial charge is 0.483 e. The number of fused-ring (bicyclic) bond motifs is 1. The molecule has 0 atom stereocenters. The zero-order chi connectivity index (χ0) is 21.6. The molecule has 0 unspecified atom stereocenters. The van der Waals surface area contributed by atoms with Crippen LogP contribution in [0.4, 0.5) is 0 Å². The molecule has 0 saturated heterocycles. The van der Waals surface area contributed by atoms with Crippen LogP contribution in [0.25, 0.3) is 11.0 Å². The van der Waals surface area contributed by atoms with Crippen molar-refractivity contribution in [2.45, 2.75) is 65.5 Å². The van der Waals surface area contributed by atoms with Gasteiger partial charge in [0.25, 0.3) is 5.91 Å². The lowest BCUT2D eigenvalue weighted by atomic mass is 9.87. The van der Waals surface area contributed by atoms with E-state index in [4.69, 9.17) is 9.72 Å². The average Bonchev–Trinajstić information content (AvgIpc) is 3.15. The van der Waals surface area contributed by atoms with E-state index in [1.165, 1.54) is 38.5 Å². The first-order valence-corrected chi connectivity index (χ1v) is 11.5. The van der Waals surface area contributed by atoms with Crippen LogP contribution in [0.1, 0.15) is 55.5 Å². The monoisotopic (exact) mass is 419 g/mol. The number of aryl methyl sites for hydroxylation is 3. The Kier molecular flexibility index (Phi) is 6.90. The van der Waals surface area contributed by atoms with Crippen LogP contribution >= 0.6 is 0 Å². The van der Waals surface area contributed by atoms with E-state index in [0.29, 0.717) is 6.54 Å². The van der Waals surface area contributed by atoms with Crippen LogP contribution in [0.15, 0.2) is 42.5 Å². The van der Waals surface area contributed by atoms with Crippen molar-refractivity contribution in [1.29, 1.82) is 0 Å². The molecule has 2 aromatic carbocycles. The summed E-state index contributed by atoms with van der Waals surface area (Å²) in [4.78, 5) is 17.2. The van der Waals surface area contributed by atoms with E-state index in [2.05, 4.69) is 22.0 Å². The first kappa shape index (κ1) is 21.4. The fourth-order valence-corrected chi connectivity index (χ4v) is 4.53. The zero-order valence-electron chi connectivity index (χ0n) is 18.7. The summed E-state index contributed by atoms with van der Waals surface area (Å²) in [6.45, 7) is 5.38. The summed E-state index contributed by atoms with van der Waals surface area (Å²) in [6, 6.07) is 14.3. The van der Waals surface area contributed by atoms with E-state index in [9.17, 15) is 4.79 Å². The van der Waals surface area contributed by atoms with Gasteiger partial charge >= 0.3 is 0 Å². The van der Waals surface area contributed by atoms with Crippen molar-refractivity contribution in [3.8, 4) is 5.75 Å². The predicted molar refractivity (Wildman–Crippen MR) is 124 cm³/mol. The number of nitrogens with zero attached hydrogens (tertiary/aromatic N) is 2. The summed E-state index contributed by atoms with van der Waals surface area (Å²) >= 11 is 0. The van der Waals surface area contributed by atoms with Gasteiger partial charge in [0.1, 0.15) is 11.6 Å². The van der Waals surface area contributed by atoms with Crippen molar-refractivity contribution in [3.63, 3.8) is 0 Å². The third-order valence-corrected chi connectivity index (χ3v) is 6.37. The third-order valence-electron chi connectivity index (χ3n) is 6.37. The van der Waals surface area contributed by atoms with Gasteiger partial charge in [0.15, 0.2) is 6.61 Å². The number of imidazole rings is 1. The van der Waals surface area contributed by atoms with Gasteiger partial charge in [-0.3, -0.25) is 4.79 Å². The minimum Gasteiger partial charge on any atom is -0.483 e. The highest BCUT2D eigenvalue weighted by Gasteiger charge is 2.16. The fourth-order valence-electron chi connectivity index (χ4n) is 4.53. The quantitative estimate of drug-likeness (QED) is 0.538. The molecule has 164 valence electrons. The SMILES string of the molecule is Cc1ccc(C)c(OCC(=O)NCc2nc3ccccc3n2CCC2CCCCC2)c1. The number of aromatic nitrogens is 2. The number of para-hydroxylation sites is 2. The van der Waals surface area contributed by atoms with Crippen LogP contribution in [0.2, 0.25) is 0 Å². The smallest absolute Gasteiger partial charge is 0.258 e. The first-order valence-electron chi connectivity index (χ1n) is 11.5. The number of rotatable bonds is 8. The number of hydrogen-bond acceptors (Lipinski definition) is 3. The Bertz CT molecular complexity index is 1030. The van der Waals surface area contributed by atoms with E-state index in [1.54, 1.807) is 0 Å². The second kappa shape index (κ2) is 9.99. The molecule has 0 aliphatic heterocycles. The maximum atomic E-state index is 12.4. The van der Waals surface area contributed by atoms with Crippen molar-refractivity contribution in [1.82, 2.24) is 14.9 Å². The molecule has 3 aromatic rings. The normalized spacial score (nSPS) is 14.6. The summed E-state index contributed by atoms with van der Waals surface area (Å²) < 4.78 is 8.03. The molecule has 4 rings (SSSR count). The number of hydrogen-bond donors (Lipinski definition) is 1. The molecule has 1 amide bonds. The zero-order valence-corrected chi connectivity index (χ0v) is 18.7. The lowest BCUT2D eigenvalue weighted by Gasteiger charge is -2.22. The maximum absolute atomic E-state index is 12.4. The summed E-state index contributed by atoms with van der Waals surface area (Å²) in [7, 11) is 0. The van der Waals surface area contributed by atoms with E-state index < -0.39 is 0 Å². The minimum absolute atomic E-state index is 0.00654. The maximum Gasteiger partial charge on any atom is 0.258 e. The van der Waals surface area contributed by atoms with E-state index in [0.717, 1.165) is 46.2 Å². The number of benzene rings is 2. The molecule has 1 fully saturated rings. The van der Waals surface area contributed by atoms with Crippen LogP contribution in [-0.2, 0) is 17.9 Å². The van der Waals surface area contributed by atoms with Gasteiger partial charge in [-0.1, -0.05) is 56.4 Å². The van der Waals surface area contributed by atoms with Crippen LogP contribution in [-0.4, -0.2) is 22.1 Å². The summed E-state index contributed by atoms with van der Waals surface area (Å²) in [5.41, 5.74) is 4.28. The van der Waals surface area contributed by atoms with Gasteiger partial charge in [-0.05, 0) is 55.5 Å². The predicted octanol–water partition coefficient (Wildman–Crippen LogP) is 5.32. The number of ether oxygens (including phenoxy) is 1. The minimum atomic E-state index is -0.133. The Morgan fingerprint density at radius 3 is 2.77 bits per heavy atom. The number of amides is 1. The van der Waals surface area contributed by atoms with Gasteiger partial charge in [-0.25, -0.2) is 4.98 Å². The molecule has 1 aliphatic carbocycles. The van der Waals surface area contributed by atoms with Crippen molar-refractivity contribution < 1.29 is 9.53 Å². The molecule has 31 heavy (non-hydrogen) atoms.